The maximum Gasteiger partial charge on any atom is 0.296 e. The van der Waals surface area contributed by atoms with Crippen LogP contribution in [0, 0.1) is 13.8 Å². The number of benzene rings is 3. The van der Waals surface area contributed by atoms with Gasteiger partial charge >= 0.3 is 0 Å². The lowest BCUT2D eigenvalue weighted by Gasteiger charge is -2.24. The van der Waals surface area contributed by atoms with Crippen molar-refractivity contribution in [2.45, 2.75) is 19.9 Å². The lowest BCUT2D eigenvalue weighted by molar-refractivity contribution is -0.117. The number of hydrogen-bond donors (Lipinski definition) is 1. The first-order valence-corrected chi connectivity index (χ1v) is 12.2. The van der Waals surface area contributed by atoms with E-state index in [-0.39, 0.29) is 5.57 Å². The molecule has 1 amide bonds. The summed E-state index contributed by atoms with van der Waals surface area (Å²) in [6, 6.07) is 19.5. The molecule has 0 aliphatic carbocycles. The highest BCUT2D eigenvalue weighted by molar-refractivity contribution is 7.22. The minimum absolute atomic E-state index is 0.0108. The Labute approximate surface area is 211 Å². The standard InChI is InChI=1S/C28H21ClN2O3S/c1-16-14-17(2)24-22(15-16)35-28(30-24)31-25(19-9-11-20(29)12-10-19)23(26(33)27(31)34)21(32)13-8-18-6-4-3-5-7-18/h3-15,25,33H,1-2H3/b13-8+. The van der Waals surface area contributed by atoms with Gasteiger partial charge in [-0.3, -0.25) is 14.5 Å². The lowest BCUT2D eigenvalue weighted by Crippen LogP contribution is -2.30. The Balaban J connectivity index is 1.62. The van der Waals surface area contributed by atoms with E-state index >= 15 is 0 Å². The quantitative estimate of drug-likeness (QED) is 0.308. The fourth-order valence-electron chi connectivity index (χ4n) is 4.30. The second-order valence-corrected chi connectivity index (χ2v) is 9.87. The van der Waals surface area contributed by atoms with Gasteiger partial charge in [-0.05, 0) is 60.4 Å². The number of nitrogens with zero attached hydrogens (tertiary/aromatic N) is 2. The van der Waals surface area contributed by atoms with Crippen molar-refractivity contribution in [2.75, 3.05) is 4.90 Å². The van der Waals surface area contributed by atoms with E-state index in [4.69, 9.17) is 16.6 Å². The number of carbonyl (C=O) groups is 2. The van der Waals surface area contributed by atoms with Crippen LogP contribution in [-0.4, -0.2) is 21.8 Å². The van der Waals surface area contributed by atoms with Crippen LogP contribution in [0.5, 0.6) is 0 Å². The molecule has 1 aliphatic rings. The third kappa shape index (κ3) is 4.27. The summed E-state index contributed by atoms with van der Waals surface area (Å²) >= 11 is 7.46. The molecule has 1 aliphatic heterocycles. The fourth-order valence-corrected chi connectivity index (χ4v) is 5.60. The number of rotatable bonds is 5. The molecule has 5 rings (SSSR count). The Bertz CT molecular complexity index is 1520. The molecule has 4 aromatic rings. The average molecular weight is 501 g/mol. The molecule has 0 saturated heterocycles. The molecule has 1 atom stereocenters. The number of fused-ring (bicyclic) bond motifs is 1. The van der Waals surface area contributed by atoms with Crippen molar-refractivity contribution in [1.29, 1.82) is 0 Å². The van der Waals surface area contributed by atoms with Crippen LogP contribution in [0.3, 0.4) is 0 Å². The molecule has 3 aromatic carbocycles. The molecule has 0 saturated carbocycles. The van der Waals surface area contributed by atoms with Crippen molar-refractivity contribution >= 4 is 56.1 Å². The number of hydrogen-bond acceptors (Lipinski definition) is 5. The Morgan fingerprint density at radius 3 is 2.51 bits per heavy atom. The summed E-state index contributed by atoms with van der Waals surface area (Å²) in [5, 5.41) is 11.8. The first kappa shape index (κ1) is 23.0. The van der Waals surface area contributed by atoms with Gasteiger partial charge in [0.05, 0.1) is 21.8 Å². The van der Waals surface area contributed by atoms with Gasteiger partial charge in [0.15, 0.2) is 16.7 Å². The van der Waals surface area contributed by atoms with Crippen LogP contribution in [0.25, 0.3) is 16.3 Å². The summed E-state index contributed by atoms with van der Waals surface area (Å²) in [5.74, 6) is -1.68. The summed E-state index contributed by atoms with van der Waals surface area (Å²) in [7, 11) is 0. The molecule has 0 fully saturated rings. The number of anilines is 1. The van der Waals surface area contributed by atoms with E-state index in [1.165, 1.54) is 22.3 Å². The zero-order valence-electron chi connectivity index (χ0n) is 19.0. The average Bonchev–Trinajstić information content (AvgIpc) is 3.37. The van der Waals surface area contributed by atoms with Crippen LogP contribution >= 0.6 is 22.9 Å². The Hall–Kier alpha value is -3.74. The normalized spacial score (nSPS) is 16.1. The summed E-state index contributed by atoms with van der Waals surface area (Å²) in [4.78, 5) is 32.8. The fraction of sp³-hybridized carbons (Fsp3) is 0.107. The number of halogens is 1. The molecule has 0 bridgehead atoms. The molecule has 174 valence electrons. The predicted molar refractivity (Wildman–Crippen MR) is 141 cm³/mol. The number of aliphatic hydroxyl groups excluding tert-OH is 1. The minimum Gasteiger partial charge on any atom is -0.503 e. The number of amides is 1. The van der Waals surface area contributed by atoms with Crippen LogP contribution in [0.15, 0.2) is 84.1 Å². The number of ketones is 1. The number of allylic oxidation sites excluding steroid dienone is 1. The van der Waals surface area contributed by atoms with Crippen LogP contribution < -0.4 is 4.90 Å². The van der Waals surface area contributed by atoms with Crippen LogP contribution in [0.1, 0.15) is 28.3 Å². The highest BCUT2D eigenvalue weighted by Crippen LogP contribution is 2.44. The SMILES string of the molecule is Cc1cc(C)c2nc(N3C(=O)C(O)=C(C(=O)/C=C/c4ccccc4)C3c3ccc(Cl)cc3)sc2c1. The van der Waals surface area contributed by atoms with Gasteiger partial charge in [-0.2, -0.15) is 0 Å². The zero-order valence-corrected chi connectivity index (χ0v) is 20.6. The molecule has 5 nitrogen and oxygen atoms in total. The monoisotopic (exact) mass is 500 g/mol. The minimum atomic E-state index is -0.838. The van der Waals surface area contributed by atoms with Crippen molar-refractivity contribution < 1.29 is 14.7 Å². The van der Waals surface area contributed by atoms with Gasteiger partial charge < -0.3 is 5.11 Å². The number of aryl methyl sites for hydroxylation is 2. The van der Waals surface area contributed by atoms with Crippen molar-refractivity contribution in [3.05, 3.63) is 111 Å². The highest BCUT2D eigenvalue weighted by Gasteiger charge is 2.45. The Kier molecular flexibility index (Phi) is 6.01. The predicted octanol–water partition coefficient (Wildman–Crippen LogP) is 6.75. The van der Waals surface area contributed by atoms with E-state index < -0.39 is 23.5 Å². The van der Waals surface area contributed by atoms with E-state index in [2.05, 4.69) is 0 Å². The van der Waals surface area contributed by atoms with Crippen molar-refractivity contribution in [3.63, 3.8) is 0 Å². The van der Waals surface area contributed by atoms with Crippen molar-refractivity contribution in [2.24, 2.45) is 0 Å². The second kappa shape index (κ2) is 9.13. The van der Waals surface area contributed by atoms with E-state index in [0.29, 0.717) is 15.7 Å². The van der Waals surface area contributed by atoms with Crippen molar-refractivity contribution in [3.8, 4) is 0 Å². The molecular weight excluding hydrogens is 480 g/mol. The van der Waals surface area contributed by atoms with Gasteiger partial charge in [-0.1, -0.05) is 77.5 Å². The molecule has 1 aromatic heterocycles. The third-order valence-corrected chi connectivity index (χ3v) is 7.16. The molecule has 35 heavy (non-hydrogen) atoms. The maximum absolute atomic E-state index is 13.4. The summed E-state index contributed by atoms with van der Waals surface area (Å²) in [6.07, 6.45) is 3.05. The lowest BCUT2D eigenvalue weighted by atomic mass is 9.96. The van der Waals surface area contributed by atoms with Gasteiger partial charge in [0.1, 0.15) is 0 Å². The number of aromatic nitrogens is 1. The number of aliphatic hydroxyl groups is 1. The third-order valence-electron chi connectivity index (χ3n) is 5.91. The van der Waals surface area contributed by atoms with Gasteiger partial charge in [-0.25, -0.2) is 4.98 Å². The Morgan fingerprint density at radius 1 is 1.09 bits per heavy atom. The van der Waals surface area contributed by atoms with Crippen molar-refractivity contribution in [1.82, 2.24) is 4.98 Å². The smallest absolute Gasteiger partial charge is 0.296 e. The van der Waals surface area contributed by atoms with Crippen LogP contribution in [0.2, 0.25) is 5.02 Å². The van der Waals surface area contributed by atoms with Gasteiger partial charge in [0.2, 0.25) is 0 Å². The molecule has 0 radical (unpaired) electrons. The molecular formula is C28H21ClN2O3S. The molecule has 2 heterocycles. The van der Waals surface area contributed by atoms with E-state index in [1.807, 2.05) is 56.3 Å². The van der Waals surface area contributed by atoms with Crippen LogP contribution in [-0.2, 0) is 9.59 Å². The van der Waals surface area contributed by atoms with Crippen LogP contribution in [0.4, 0.5) is 5.13 Å². The molecule has 1 N–H and O–H groups in total. The van der Waals surface area contributed by atoms with E-state index in [9.17, 15) is 14.7 Å². The largest absolute Gasteiger partial charge is 0.503 e. The summed E-state index contributed by atoms with van der Waals surface area (Å²) in [5.41, 5.74) is 4.38. The molecule has 7 heteroatoms. The Morgan fingerprint density at radius 2 is 1.80 bits per heavy atom. The topological polar surface area (TPSA) is 70.5 Å². The number of carbonyl (C=O) groups excluding carboxylic acids is 2. The zero-order chi connectivity index (χ0) is 24.7. The van der Waals surface area contributed by atoms with Gasteiger partial charge in [0.25, 0.3) is 5.91 Å². The summed E-state index contributed by atoms with van der Waals surface area (Å²) < 4.78 is 0.934. The first-order chi connectivity index (χ1) is 16.8. The maximum atomic E-state index is 13.4. The second-order valence-electron chi connectivity index (χ2n) is 8.42. The van der Waals surface area contributed by atoms with Gasteiger partial charge in [-0.15, -0.1) is 0 Å². The summed E-state index contributed by atoms with van der Waals surface area (Å²) in [6.45, 7) is 3.98. The number of thiazole rings is 1. The van der Waals surface area contributed by atoms with Gasteiger partial charge in [0, 0.05) is 5.02 Å². The first-order valence-electron chi connectivity index (χ1n) is 11.0. The highest BCUT2D eigenvalue weighted by atomic mass is 35.5. The molecule has 1 unspecified atom stereocenters. The molecule has 0 spiro atoms. The van der Waals surface area contributed by atoms with E-state index in [1.54, 1.807) is 30.3 Å². The van der Waals surface area contributed by atoms with E-state index in [0.717, 1.165) is 26.9 Å².